The molecule has 0 aromatic heterocycles. The van der Waals surface area contributed by atoms with Crippen molar-refractivity contribution < 1.29 is 33.6 Å². The molecule has 1 spiro atoms. The first kappa shape index (κ1) is 32.0. The Morgan fingerprint density at radius 2 is 1.39 bits per heavy atom. The van der Waals surface area contributed by atoms with E-state index in [0.717, 1.165) is 65.9 Å². The molecule has 1 N–H and O–H groups in total. The van der Waals surface area contributed by atoms with E-state index in [9.17, 15) is 14.7 Å². The first-order valence-corrected chi connectivity index (χ1v) is 17.1. The molecule has 4 aliphatic rings. The Bertz CT molecular complexity index is 1790. The van der Waals surface area contributed by atoms with Gasteiger partial charge in [0.2, 0.25) is 0 Å². The molecule has 0 saturated carbocycles. The van der Waals surface area contributed by atoms with Crippen molar-refractivity contribution in [3.8, 4) is 11.1 Å². The van der Waals surface area contributed by atoms with E-state index in [-0.39, 0.29) is 37.2 Å². The Hall–Kier alpha value is -4.22. The number of amides is 2. The van der Waals surface area contributed by atoms with Crippen LogP contribution < -0.4 is 0 Å². The standard InChI is InChI=1S/C40H40N2O7/c43-26-27-11-13-29(14-12-27)36-23-33(25-41-17-15-40(16-18-41)46-19-20-47-40)48-39(49-36)32-8-4-7-31(22-32)30-6-3-5-28(21-30)24-42-37(44)34-9-1-2-10-35(34)38(42)45/h1-14,21-22,33,36,39,43H,15-20,23-26H2. The lowest BCUT2D eigenvalue weighted by Crippen LogP contribution is -2.48. The predicted octanol–water partition coefficient (Wildman–Crippen LogP) is 6.03. The van der Waals surface area contributed by atoms with Gasteiger partial charge >= 0.3 is 0 Å². The molecule has 4 heterocycles. The van der Waals surface area contributed by atoms with Crippen LogP contribution in [-0.4, -0.2) is 71.5 Å². The van der Waals surface area contributed by atoms with E-state index in [1.165, 1.54) is 4.90 Å². The van der Waals surface area contributed by atoms with Gasteiger partial charge in [0.05, 0.1) is 49.7 Å². The number of rotatable bonds is 8. The molecular formula is C40H40N2O7. The Balaban J connectivity index is 1.01. The number of nitrogens with zero attached hydrogens (tertiary/aromatic N) is 2. The summed E-state index contributed by atoms with van der Waals surface area (Å²) in [5.74, 6) is -0.951. The van der Waals surface area contributed by atoms with Crippen molar-refractivity contribution in [1.29, 1.82) is 0 Å². The number of hydrogen-bond acceptors (Lipinski definition) is 8. The number of benzene rings is 4. The lowest BCUT2D eigenvalue weighted by atomic mass is 9.97. The highest BCUT2D eigenvalue weighted by atomic mass is 16.7. The molecule has 3 fully saturated rings. The van der Waals surface area contributed by atoms with Crippen molar-refractivity contribution in [3.05, 3.63) is 130 Å². The van der Waals surface area contributed by atoms with Crippen LogP contribution in [0.15, 0.2) is 97.1 Å². The minimum Gasteiger partial charge on any atom is -0.392 e. The number of piperidine rings is 1. The third kappa shape index (κ3) is 6.58. The number of ether oxygens (including phenoxy) is 4. The Morgan fingerprint density at radius 3 is 2.08 bits per heavy atom. The molecule has 3 unspecified atom stereocenters. The second-order valence-corrected chi connectivity index (χ2v) is 13.3. The summed E-state index contributed by atoms with van der Waals surface area (Å²) in [5, 5.41) is 9.59. The van der Waals surface area contributed by atoms with Crippen LogP contribution in [0, 0.1) is 0 Å². The van der Waals surface area contributed by atoms with Gasteiger partial charge in [-0.3, -0.25) is 14.5 Å². The first-order valence-electron chi connectivity index (χ1n) is 17.1. The van der Waals surface area contributed by atoms with Crippen LogP contribution in [0.3, 0.4) is 0 Å². The third-order valence-electron chi connectivity index (χ3n) is 10.1. The quantitative estimate of drug-likeness (QED) is 0.229. The van der Waals surface area contributed by atoms with Gasteiger partial charge in [-0.05, 0) is 52.1 Å². The minimum atomic E-state index is -0.583. The molecule has 3 atom stereocenters. The highest BCUT2D eigenvalue weighted by Gasteiger charge is 2.41. The summed E-state index contributed by atoms with van der Waals surface area (Å²) in [6.45, 7) is 4.07. The summed E-state index contributed by atoms with van der Waals surface area (Å²) in [7, 11) is 0. The van der Waals surface area contributed by atoms with Crippen LogP contribution in [0.25, 0.3) is 11.1 Å². The zero-order valence-electron chi connectivity index (χ0n) is 27.3. The van der Waals surface area contributed by atoms with Crippen LogP contribution >= 0.6 is 0 Å². The second kappa shape index (κ2) is 13.6. The SMILES string of the molecule is O=C1c2ccccc2C(=O)N1Cc1cccc(-c2cccc(C3OC(CN4CCC5(CC4)OCCO5)CC(c4ccc(CO)cc4)O3)c2)c1. The summed E-state index contributed by atoms with van der Waals surface area (Å²) < 4.78 is 25.3. The Morgan fingerprint density at radius 1 is 0.714 bits per heavy atom. The molecule has 0 aliphatic carbocycles. The maximum Gasteiger partial charge on any atom is 0.261 e. The molecule has 9 heteroatoms. The normalized spacial score (nSPS) is 23.7. The number of aliphatic hydroxyl groups excluding tert-OH is 1. The average Bonchev–Trinajstić information content (AvgIpc) is 3.71. The smallest absolute Gasteiger partial charge is 0.261 e. The van der Waals surface area contributed by atoms with Gasteiger partial charge in [-0.25, -0.2) is 0 Å². The van der Waals surface area contributed by atoms with Crippen molar-refractivity contribution in [1.82, 2.24) is 9.80 Å². The molecule has 2 amide bonds. The van der Waals surface area contributed by atoms with Crippen molar-refractivity contribution >= 4 is 11.8 Å². The summed E-state index contributed by atoms with van der Waals surface area (Å²) >= 11 is 0. The zero-order valence-corrected chi connectivity index (χ0v) is 27.3. The fourth-order valence-electron chi connectivity index (χ4n) is 7.46. The van der Waals surface area contributed by atoms with Crippen molar-refractivity contribution in [2.75, 3.05) is 32.8 Å². The molecule has 4 aromatic carbocycles. The number of likely N-dealkylation sites (tertiary alicyclic amines) is 1. The van der Waals surface area contributed by atoms with Gasteiger partial charge in [0.15, 0.2) is 12.1 Å². The minimum absolute atomic E-state index is 0.00364. The van der Waals surface area contributed by atoms with Gasteiger partial charge in [-0.15, -0.1) is 0 Å². The van der Waals surface area contributed by atoms with Crippen LogP contribution in [0.5, 0.6) is 0 Å². The van der Waals surface area contributed by atoms with Gasteiger partial charge in [0.25, 0.3) is 11.8 Å². The van der Waals surface area contributed by atoms with E-state index in [4.69, 9.17) is 18.9 Å². The van der Waals surface area contributed by atoms with E-state index >= 15 is 0 Å². The first-order chi connectivity index (χ1) is 24.0. The number of imide groups is 1. The summed E-state index contributed by atoms with van der Waals surface area (Å²) in [6.07, 6.45) is 1.58. The lowest BCUT2D eigenvalue weighted by Gasteiger charge is -2.41. The maximum absolute atomic E-state index is 13.0. The van der Waals surface area contributed by atoms with Gasteiger partial charge in [-0.2, -0.15) is 0 Å². The van der Waals surface area contributed by atoms with Crippen molar-refractivity contribution in [3.63, 3.8) is 0 Å². The van der Waals surface area contributed by atoms with Crippen LogP contribution in [0.4, 0.5) is 0 Å². The number of carbonyl (C=O) groups is 2. The maximum atomic E-state index is 13.0. The van der Waals surface area contributed by atoms with Gasteiger partial charge in [0.1, 0.15) is 0 Å². The fraction of sp³-hybridized carbons (Fsp3) is 0.350. The summed E-state index contributed by atoms with van der Waals surface area (Å²) in [6, 6.07) is 31.1. The summed E-state index contributed by atoms with van der Waals surface area (Å²) in [4.78, 5) is 29.8. The predicted molar refractivity (Wildman–Crippen MR) is 181 cm³/mol. The third-order valence-corrected chi connectivity index (χ3v) is 10.1. The highest BCUT2D eigenvalue weighted by Crippen LogP contribution is 2.40. The number of hydrogen-bond donors (Lipinski definition) is 1. The molecule has 49 heavy (non-hydrogen) atoms. The second-order valence-electron chi connectivity index (χ2n) is 13.3. The zero-order chi connectivity index (χ0) is 33.4. The average molecular weight is 661 g/mol. The highest BCUT2D eigenvalue weighted by molar-refractivity contribution is 6.21. The van der Waals surface area contributed by atoms with Crippen LogP contribution in [-0.2, 0) is 32.1 Å². The van der Waals surface area contributed by atoms with E-state index in [1.54, 1.807) is 24.3 Å². The number of aliphatic hydroxyl groups is 1. The number of fused-ring (bicyclic) bond motifs is 1. The van der Waals surface area contributed by atoms with Gasteiger partial charge < -0.3 is 29.0 Å². The lowest BCUT2D eigenvalue weighted by molar-refractivity contribution is -0.255. The molecule has 0 bridgehead atoms. The molecule has 0 radical (unpaired) electrons. The van der Waals surface area contributed by atoms with Crippen molar-refractivity contribution in [2.45, 2.75) is 56.7 Å². The summed E-state index contributed by atoms with van der Waals surface area (Å²) in [5.41, 5.74) is 6.55. The topological polar surface area (TPSA) is 97.8 Å². The van der Waals surface area contributed by atoms with E-state index in [2.05, 4.69) is 11.0 Å². The van der Waals surface area contributed by atoms with Gasteiger partial charge in [-0.1, -0.05) is 72.8 Å². The Labute approximate surface area is 286 Å². The monoisotopic (exact) mass is 660 g/mol. The molecule has 4 aliphatic heterocycles. The molecule has 252 valence electrons. The van der Waals surface area contributed by atoms with E-state index in [1.807, 2.05) is 66.7 Å². The van der Waals surface area contributed by atoms with Crippen LogP contribution in [0.2, 0.25) is 0 Å². The molecule has 8 rings (SSSR count). The molecule has 3 saturated heterocycles. The molecule has 9 nitrogen and oxygen atoms in total. The fourth-order valence-corrected chi connectivity index (χ4v) is 7.46. The van der Waals surface area contributed by atoms with Crippen LogP contribution in [0.1, 0.15) is 74.6 Å². The number of carbonyl (C=O) groups excluding carboxylic acids is 2. The van der Waals surface area contributed by atoms with Crippen molar-refractivity contribution in [2.24, 2.45) is 0 Å². The largest absolute Gasteiger partial charge is 0.392 e. The molecular weight excluding hydrogens is 620 g/mol. The van der Waals surface area contributed by atoms with E-state index < -0.39 is 12.1 Å². The van der Waals surface area contributed by atoms with E-state index in [0.29, 0.717) is 30.8 Å². The Kier molecular flexibility index (Phi) is 8.88. The van der Waals surface area contributed by atoms with Gasteiger partial charge in [0, 0.05) is 44.5 Å². The molecule has 4 aromatic rings.